The Morgan fingerprint density at radius 3 is 2.42 bits per heavy atom. The summed E-state index contributed by atoms with van der Waals surface area (Å²) < 4.78 is 11.0. The molecule has 1 heterocycles. The van der Waals surface area contributed by atoms with Crippen molar-refractivity contribution in [2.45, 2.75) is 39.0 Å². The molecule has 19 heavy (non-hydrogen) atoms. The van der Waals surface area contributed by atoms with Crippen LogP contribution >= 0.6 is 0 Å². The molecule has 1 fully saturated rings. The summed E-state index contributed by atoms with van der Waals surface area (Å²) in [5, 5.41) is 0. The van der Waals surface area contributed by atoms with E-state index in [4.69, 9.17) is 15.2 Å². The van der Waals surface area contributed by atoms with Gasteiger partial charge in [0.05, 0.1) is 20.3 Å². The Morgan fingerprint density at radius 2 is 1.95 bits per heavy atom. The highest BCUT2D eigenvalue weighted by atomic mass is 16.5. The molecule has 0 amide bonds. The number of nitrogens with two attached hydrogens (primary N) is 1. The Hall–Kier alpha value is -1.06. The first-order valence-corrected chi connectivity index (χ1v) is 6.99. The van der Waals surface area contributed by atoms with Gasteiger partial charge in [-0.3, -0.25) is 0 Å². The van der Waals surface area contributed by atoms with Crippen LogP contribution in [0.5, 0.6) is 5.75 Å². The van der Waals surface area contributed by atoms with E-state index in [1.165, 1.54) is 22.3 Å². The average molecular weight is 263 g/mol. The summed E-state index contributed by atoms with van der Waals surface area (Å²) in [6, 6.07) is 2.28. The molecule has 2 N–H and O–H groups in total. The molecule has 106 valence electrons. The number of aryl methyl sites for hydroxylation is 1. The lowest BCUT2D eigenvalue weighted by atomic mass is 9.72. The van der Waals surface area contributed by atoms with Crippen LogP contribution in [-0.4, -0.2) is 26.9 Å². The minimum absolute atomic E-state index is 0.172. The molecule has 0 unspecified atom stereocenters. The highest BCUT2D eigenvalue weighted by molar-refractivity contribution is 5.52. The topological polar surface area (TPSA) is 44.5 Å². The zero-order valence-corrected chi connectivity index (χ0v) is 12.5. The molecule has 1 aliphatic heterocycles. The summed E-state index contributed by atoms with van der Waals surface area (Å²) in [4.78, 5) is 0. The SMILES string of the molecule is COc1c(C)cc(C2(CCCN)COC2)c(C)c1C. The van der Waals surface area contributed by atoms with Gasteiger partial charge in [0, 0.05) is 5.41 Å². The quantitative estimate of drug-likeness (QED) is 0.888. The molecule has 0 bridgehead atoms. The molecule has 1 aliphatic rings. The number of methoxy groups -OCH3 is 1. The molecule has 0 spiro atoms. The van der Waals surface area contributed by atoms with Gasteiger partial charge in [-0.15, -0.1) is 0 Å². The van der Waals surface area contributed by atoms with Gasteiger partial charge < -0.3 is 15.2 Å². The van der Waals surface area contributed by atoms with E-state index >= 15 is 0 Å². The van der Waals surface area contributed by atoms with Gasteiger partial charge in [0.25, 0.3) is 0 Å². The van der Waals surface area contributed by atoms with E-state index in [2.05, 4.69) is 26.8 Å². The van der Waals surface area contributed by atoms with Crippen molar-refractivity contribution < 1.29 is 9.47 Å². The Bertz CT molecular complexity index is 464. The van der Waals surface area contributed by atoms with Crippen LogP contribution < -0.4 is 10.5 Å². The van der Waals surface area contributed by atoms with Crippen molar-refractivity contribution in [1.82, 2.24) is 0 Å². The van der Waals surface area contributed by atoms with Crippen LogP contribution in [0.2, 0.25) is 0 Å². The Morgan fingerprint density at radius 1 is 1.26 bits per heavy atom. The number of hydrogen-bond acceptors (Lipinski definition) is 3. The van der Waals surface area contributed by atoms with Gasteiger partial charge in [-0.1, -0.05) is 6.07 Å². The third-order valence-electron chi connectivity index (χ3n) is 4.42. The van der Waals surface area contributed by atoms with Gasteiger partial charge in [0.2, 0.25) is 0 Å². The van der Waals surface area contributed by atoms with E-state index in [1.54, 1.807) is 7.11 Å². The third kappa shape index (κ3) is 2.37. The fourth-order valence-corrected chi connectivity index (χ4v) is 3.15. The lowest BCUT2D eigenvalue weighted by molar-refractivity contribution is -0.0652. The van der Waals surface area contributed by atoms with Crippen LogP contribution in [0.3, 0.4) is 0 Å². The molecular weight excluding hydrogens is 238 g/mol. The van der Waals surface area contributed by atoms with Gasteiger partial charge in [-0.2, -0.15) is 0 Å². The maximum absolute atomic E-state index is 5.68. The van der Waals surface area contributed by atoms with Crippen molar-refractivity contribution in [2.75, 3.05) is 26.9 Å². The van der Waals surface area contributed by atoms with E-state index in [0.29, 0.717) is 0 Å². The van der Waals surface area contributed by atoms with Crippen molar-refractivity contribution in [3.8, 4) is 5.75 Å². The maximum Gasteiger partial charge on any atom is 0.124 e. The molecule has 0 aromatic heterocycles. The van der Waals surface area contributed by atoms with E-state index in [1.807, 2.05) is 0 Å². The number of hydrogen-bond donors (Lipinski definition) is 1. The molecule has 3 heteroatoms. The molecule has 1 aromatic rings. The number of rotatable bonds is 5. The first-order valence-electron chi connectivity index (χ1n) is 6.99. The van der Waals surface area contributed by atoms with Crippen LogP contribution in [0.1, 0.15) is 35.1 Å². The molecule has 0 aliphatic carbocycles. The first-order chi connectivity index (χ1) is 9.05. The molecule has 2 rings (SSSR count). The molecular formula is C16H25NO2. The zero-order valence-electron chi connectivity index (χ0n) is 12.5. The molecule has 0 saturated carbocycles. The fraction of sp³-hybridized carbons (Fsp3) is 0.625. The lowest BCUT2D eigenvalue weighted by Crippen LogP contribution is -2.47. The molecule has 0 radical (unpaired) electrons. The van der Waals surface area contributed by atoms with E-state index in [0.717, 1.165) is 38.3 Å². The standard InChI is InChI=1S/C16H25NO2/c1-11-8-14(12(2)13(3)15(11)18-4)16(6-5-7-17)9-19-10-16/h8H,5-7,9-10,17H2,1-4H3. The smallest absolute Gasteiger partial charge is 0.124 e. The molecule has 0 atom stereocenters. The summed E-state index contributed by atoms with van der Waals surface area (Å²) in [6.07, 6.45) is 2.16. The van der Waals surface area contributed by atoms with E-state index in [-0.39, 0.29) is 5.41 Å². The van der Waals surface area contributed by atoms with Crippen molar-refractivity contribution in [2.24, 2.45) is 5.73 Å². The first kappa shape index (κ1) is 14.4. The van der Waals surface area contributed by atoms with Gasteiger partial charge in [-0.25, -0.2) is 0 Å². The van der Waals surface area contributed by atoms with Gasteiger partial charge in [0.1, 0.15) is 5.75 Å². The molecule has 1 aromatic carbocycles. The number of ether oxygens (including phenoxy) is 2. The van der Waals surface area contributed by atoms with Crippen molar-refractivity contribution in [1.29, 1.82) is 0 Å². The summed E-state index contributed by atoms with van der Waals surface area (Å²) in [5.74, 6) is 1.01. The lowest BCUT2D eigenvalue weighted by Gasteiger charge is -2.43. The summed E-state index contributed by atoms with van der Waals surface area (Å²) in [6.45, 7) is 8.83. The minimum atomic E-state index is 0.172. The van der Waals surface area contributed by atoms with Gasteiger partial charge >= 0.3 is 0 Å². The van der Waals surface area contributed by atoms with Crippen LogP contribution in [0.4, 0.5) is 0 Å². The Balaban J connectivity index is 2.44. The van der Waals surface area contributed by atoms with Gasteiger partial charge in [0.15, 0.2) is 0 Å². The van der Waals surface area contributed by atoms with Crippen molar-refractivity contribution in [3.63, 3.8) is 0 Å². The average Bonchev–Trinajstić information content (AvgIpc) is 2.34. The second-order valence-electron chi connectivity index (χ2n) is 5.69. The number of benzene rings is 1. The predicted molar refractivity (Wildman–Crippen MR) is 78.0 cm³/mol. The Kier molecular flexibility index (Phi) is 4.16. The summed E-state index contributed by atoms with van der Waals surface area (Å²) >= 11 is 0. The largest absolute Gasteiger partial charge is 0.496 e. The monoisotopic (exact) mass is 263 g/mol. The van der Waals surface area contributed by atoms with Crippen molar-refractivity contribution >= 4 is 0 Å². The summed E-state index contributed by atoms with van der Waals surface area (Å²) in [5.41, 5.74) is 11.1. The third-order valence-corrected chi connectivity index (χ3v) is 4.42. The minimum Gasteiger partial charge on any atom is -0.496 e. The second kappa shape index (κ2) is 5.51. The molecule has 1 saturated heterocycles. The van der Waals surface area contributed by atoms with Crippen LogP contribution in [0, 0.1) is 20.8 Å². The van der Waals surface area contributed by atoms with Crippen LogP contribution in [-0.2, 0) is 10.2 Å². The zero-order chi connectivity index (χ0) is 14.0. The molecule has 3 nitrogen and oxygen atoms in total. The van der Waals surface area contributed by atoms with Crippen LogP contribution in [0.15, 0.2) is 6.07 Å². The highest BCUT2D eigenvalue weighted by Gasteiger charge is 2.41. The van der Waals surface area contributed by atoms with Crippen LogP contribution in [0.25, 0.3) is 0 Å². The summed E-state index contributed by atoms with van der Waals surface area (Å²) in [7, 11) is 1.74. The predicted octanol–water partition coefficient (Wildman–Crippen LogP) is 2.63. The van der Waals surface area contributed by atoms with E-state index in [9.17, 15) is 0 Å². The normalized spacial score (nSPS) is 17.1. The maximum atomic E-state index is 5.68. The van der Waals surface area contributed by atoms with E-state index < -0.39 is 0 Å². The second-order valence-corrected chi connectivity index (χ2v) is 5.69. The van der Waals surface area contributed by atoms with Crippen molar-refractivity contribution in [3.05, 3.63) is 28.3 Å². The Labute approximate surface area is 116 Å². The fourth-order valence-electron chi connectivity index (χ4n) is 3.15. The van der Waals surface area contributed by atoms with Gasteiger partial charge in [-0.05, 0) is 62.4 Å². The highest BCUT2D eigenvalue weighted by Crippen LogP contribution is 2.42.